The fraction of sp³-hybridized carbons (Fsp3) is 0. The number of nitrogens with zero attached hydrogens (tertiary/aromatic N) is 2. The summed E-state index contributed by atoms with van der Waals surface area (Å²) in [5.41, 5.74) is 2.92. The van der Waals surface area contributed by atoms with Crippen LogP contribution in [0.5, 0.6) is 0 Å². The van der Waals surface area contributed by atoms with Crippen LogP contribution in [-0.4, -0.2) is 15.9 Å². The maximum absolute atomic E-state index is 11.9. The number of carbonyl (C=O) groups excluding carboxylic acids is 1. The Morgan fingerprint density at radius 2 is 1.24 bits per heavy atom. The number of aromatic nitrogens is 2. The highest BCUT2D eigenvalue weighted by molar-refractivity contribution is 6.00. The quantitative estimate of drug-likeness (QED) is 0.711. The van der Waals surface area contributed by atoms with Crippen LogP contribution in [0.2, 0.25) is 0 Å². The maximum Gasteiger partial charge on any atom is 0.250 e. The monoisotopic (exact) mass is 327 g/mol. The van der Waals surface area contributed by atoms with E-state index in [1.54, 1.807) is 18.5 Å². The van der Waals surface area contributed by atoms with Crippen LogP contribution in [0.3, 0.4) is 0 Å². The fourth-order valence-electron chi connectivity index (χ4n) is 2.13. The van der Waals surface area contributed by atoms with E-state index < -0.39 is 0 Å². The molecule has 1 aromatic heterocycles. The molecule has 3 rings (SSSR count). The second kappa shape index (κ2) is 8.36. The summed E-state index contributed by atoms with van der Waals surface area (Å²) in [5, 5.41) is 2.64. The van der Waals surface area contributed by atoms with Gasteiger partial charge in [-0.2, -0.15) is 0 Å². The Balaban J connectivity index is 1.58. The molecule has 0 fully saturated rings. The average Bonchev–Trinajstić information content (AvgIpc) is 2.67. The van der Waals surface area contributed by atoms with Crippen LogP contribution >= 0.6 is 0 Å². The van der Waals surface area contributed by atoms with Gasteiger partial charge in [0.1, 0.15) is 0 Å². The van der Waals surface area contributed by atoms with Crippen molar-refractivity contribution in [1.29, 1.82) is 0 Å². The van der Waals surface area contributed by atoms with E-state index >= 15 is 0 Å². The molecule has 0 bridgehead atoms. The number of anilines is 1. The summed E-state index contributed by atoms with van der Waals surface area (Å²) in [7, 11) is 0. The molecular formula is C21H17N3O. The largest absolute Gasteiger partial charge is 0.291 e. The lowest BCUT2D eigenvalue weighted by atomic mass is 10.2. The van der Waals surface area contributed by atoms with E-state index in [9.17, 15) is 4.79 Å². The number of hydrogen-bond acceptors (Lipinski definition) is 3. The second-order valence-electron chi connectivity index (χ2n) is 5.32. The summed E-state index contributed by atoms with van der Waals surface area (Å²) in [6.45, 7) is 0. The molecule has 0 aliphatic heterocycles. The van der Waals surface area contributed by atoms with Gasteiger partial charge >= 0.3 is 0 Å². The zero-order valence-electron chi connectivity index (χ0n) is 13.5. The van der Waals surface area contributed by atoms with Crippen molar-refractivity contribution in [2.75, 3.05) is 5.32 Å². The maximum atomic E-state index is 11.9. The molecule has 4 nitrogen and oxygen atoms in total. The lowest BCUT2D eigenvalue weighted by Crippen LogP contribution is -2.10. The van der Waals surface area contributed by atoms with Gasteiger partial charge in [0, 0.05) is 24.0 Å². The van der Waals surface area contributed by atoms with Crippen molar-refractivity contribution in [3.8, 4) is 0 Å². The van der Waals surface area contributed by atoms with Crippen LogP contribution in [0.25, 0.3) is 18.2 Å². The lowest BCUT2D eigenvalue weighted by molar-refractivity contribution is -0.111. The third-order valence-electron chi connectivity index (χ3n) is 3.40. The van der Waals surface area contributed by atoms with Crippen molar-refractivity contribution < 1.29 is 4.79 Å². The van der Waals surface area contributed by atoms with Gasteiger partial charge in [0.15, 0.2) is 0 Å². The van der Waals surface area contributed by atoms with Gasteiger partial charge in [-0.15, -0.1) is 0 Å². The van der Waals surface area contributed by atoms with Crippen molar-refractivity contribution >= 4 is 30.1 Å². The molecule has 0 aliphatic rings. The molecule has 4 heteroatoms. The Morgan fingerprint density at radius 3 is 1.84 bits per heavy atom. The highest BCUT2D eigenvalue weighted by Crippen LogP contribution is 2.08. The second-order valence-corrected chi connectivity index (χ2v) is 5.32. The van der Waals surface area contributed by atoms with E-state index in [0.29, 0.717) is 0 Å². The molecule has 3 aromatic rings. The molecule has 2 aromatic carbocycles. The number of hydrogen-bond donors (Lipinski definition) is 1. The third-order valence-corrected chi connectivity index (χ3v) is 3.40. The van der Waals surface area contributed by atoms with Crippen molar-refractivity contribution in [3.63, 3.8) is 0 Å². The third kappa shape index (κ3) is 5.25. The van der Waals surface area contributed by atoms with Crippen LogP contribution in [0.4, 0.5) is 5.95 Å². The van der Waals surface area contributed by atoms with E-state index in [-0.39, 0.29) is 11.9 Å². The highest BCUT2D eigenvalue weighted by atomic mass is 16.1. The fourth-order valence-corrected chi connectivity index (χ4v) is 2.13. The van der Waals surface area contributed by atoms with E-state index in [1.807, 2.05) is 72.8 Å². The van der Waals surface area contributed by atoms with Crippen LogP contribution in [0.1, 0.15) is 16.7 Å². The summed E-state index contributed by atoms with van der Waals surface area (Å²) in [6, 6.07) is 19.6. The van der Waals surface area contributed by atoms with Crippen molar-refractivity contribution in [3.05, 3.63) is 95.8 Å². The number of nitrogens with one attached hydrogen (secondary N) is 1. The van der Waals surface area contributed by atoms with Crippen LogP contribution < -0.4 is 5.32 Å². The van der Waals surface area contributed by atoms with E-state index in [0.717, 1.165) is 16.7 Å². The molecule has 1 amide bonds. The molecule has 122 valence electrons. The SMILES string of the molecule is O=C(/C=C/c1ccccc1)Nc1ncc(/C=C/c2ccccc2)cn1. The summed E-state index contributed by atoms with van der Waals surface area (Å²) in [6.07, 6.45) is 10.5. The zero-order valence-corrected chi connectivity index (χ0v) is 13.5. The van der Waals surface area contributed by atoms with Crippen molar-refractivity contribution in [2.24, 2.45) is 0 Å². The minimum absolute atomic E-state index is 0.267. The lowest BCUT2D eigenvalue weighted by Gasteiger charge is -2.00. The molecule has 0 saturated carbocycles. The van der Waals surface area contributed by atoms with Gasteiger partial charge in [-0.3, -0.25) is 10.1 Å². The van der Waals surface area contributed by atoms with E-state index in [4.69, 9.17) is 0 Å². The zero-order chi connectivity index (χ0) is 17.3. The first-order valence-corrected chi connectivity index (χ1v) is 7.89. The Labute approximate surface area is 146 Å². The molecule has 0 unspecified atom stereocenters. The molecule has 0 radical (unpaired) electrons. The molecule has 0 spiro atoms. The number of benzene rings is 2. The Morgan fingerprint density at radius 1 is 0.720 bits per heavy atom. The summed E-state index contributed by atoms with van der Waals surface area (Å²) in [4.78, 5) is 20.2. The van der Waals surface area contributed by atoms with Crippen LogP contribution in [0, 0.1) is 0 Å². The Hall–Kier alpha value is -3.53. The Kier molecular flexibility index (Phi) is 5.46. The summed E-state index contributed by atoms with van der Waals surface area (Å²) >= 11 is 0. The van der Waals surface area contributed by atoms with Gasteiger partial charge < -0.3 is 0 Å². The summed E-state index contributed by atoms with van der Waals surface area (Å²) in [5.74, 6) is 0.0102. The molecule has 0 atom stereocenters. The standard InChI is InChI=1S/C21H17N3O/c25-20(14-13-18-9-5-2-6-10-18)24-21-22-15-19(16-23-21)12-11-17-7-3-1-4-8-17/h1-16H,(H,22,23,24,25)/b12-11+,14-13+. The first-order chi connectivity index (χ1) is 12.3. The number of rotatable bonds is 5. The highest BCUT2D eigenvalue weighted by Gasteiger charge is 2.00. The van der Waals surface area contributed by atoms with Gasteiger partial charge in [0.2, 0.25) is 5.95 Å². The number of amides is 1. The smallest absolute Gasteiger partial charge is 0.250 e. The van der Waals surface area contributed by atoms with Gasteiger partial charge in [0.25, 0.3) is 5.91 Å². The van der Waals surface area contributed by atoms with E-state index in [1.165, 1.54) is 6.08 Å². The topological polar surface area (TPSA) is 54.9 Å². The predicted octanol–water partition coefficient (Wildman–Crippen LogP) is 4.30. The predicted molar refractivity (Wildman–Crippen MR) is 102 cm³/mol. The molecule has 25 heavy (non-hydrogen) atoms. The van der Waals surface area contributed by atoms with Crippen LogP contribution in [0.15, 0.2) is 79.1 Å². The average molecular weight is 327 g/mol. The van der Waals surface area contributed by atoms with Crippen molar-refractivity contribution in [1.82, 2.24) is 9.97 Å². The van der Waals surface area contributed by atoms with E-state index in [2.05, 4.69) is 15.3 Å². The minimum atomic E-state index is -0.267. The molecule has 1 N–H and O–H groups in total. The van der Waals surface area contributed by atoms with Gasteiger partial charge in [-0.1, -0.05) is 72.8 Å². The molecule has 0 saturated heterocycles. The first-order valence-electron chi connectivity index (χ1n) is 7.89. The first kappa shape index (κ1) is 16.3. The minimum Gasteiger partial charge on any atom is -0.291 e. The number of carbonyl (C=O) groups is 1. The van der Waals surface area contributed by atoms with Crippen LogP contribution in [-0.2, 0) is 4.79 Å². The van der Waals surface area contributed by atoms with Gasteiger partial charge in [-0.25, -0.2) is 9.97 Å². The van der Waals surface area contributed by atoms with Crippen molar-refractivity contribution in [2.45, 2.75) is 0 Å². The normalized spacial score (nSPS) is 11.0. The van der Waals surface area contributed by atoms with Gasteiger partial charge in [0.05, 0.1) is 0 Å². The molecular weight excluding hydrogens is 310 g/mol. The Bertz CT molecular complexity index is 870. The molecule has 0 aliphatic carbocycles. The molecule has 1 heterocycles. The summed E-state index contributed by atoms with van der Waals surface area (Å²) < 4.78 is 0. The van der Waals surface area contributed by atoms with Gasteiger partial charge in [-0.05, 0) is 17.2 Å².